The minimum atomic E-state index is -4.36. The van der Waals surface area contributed by atoms with E-state index in [9.17, 15) is 18.3 Å². The van der Waals surface area contributed by atoms with Crippen LogP contribution in [0.4, 0.5) is 19.0 Å². The van der Waals surface area contributed by atoms with Gasteiger partial charge in [-0.25, -0.2) is 4.98 Å². The van der Waals surface area contributed by atoms with Crippen molar-refractivity contribution in [1.82, 2.24) is 4.98 Å². The van der Waals surface area contributed by atoms with E-state index < -0.39 is 23.4 Å². The lowest BCUT2D eigenvalue weighted by Crippen LogP contribution is -2.55. The molecule has 4 nitrogen and oxygen atoms in total. The smallest absolute Gasteiger partial charge is 0.390 e. The Morgan fingerprint density at radius 1 is 1.27 bits per heavy atom. The Hall–Kier alpha value is -1.34. The molecule has 2 fully saturated rings. The number of aliphatic hydroxyl groups is 1. The highest BCUT2D eigenvalue weighted by atomic mass is 19.4. The van der Waals surface area contributed by atoms with E-state index in [1.807, 2.05) is 4.90 Å². The second-order valence-electron chi connectivity index (χ2n) is 5.96. The number of rotatable bonds is 1. The summed E-state index contributed by atoms with van der Waals surface area (Å²) in [6, 6.07) is 2.46. The normalized spacial score (nSPS) is 25.5. The maximum Gasteiger partial charge on any atom is 0.417 e. The van der Waals surface area contributed by atoms with Gasteiger partial charge < -0.3 is 14.7 Å². The number of hydrogen-bond acceptors (Lipinski definition) is 4. The van der Waals surface area contributed by atoms with Crippen LogP contribution in [0.1, 0.15) is 31.2 Å². The van der Waals surface area contributed by atoms with Gasteiger partial charge in [0.05, 0.1) is 17.3 Å². The van der Waals surface area contributed by atoms with Crippen LogP contribution in [0.3, 0.4) is 0 Å². The van der Waals surface area contributed by atoms with Gasteiger partial charge in [0.15, 0.2) is 0 Å². The number of pyridine rings is 1. The number of hydrogen-bond donors (Lipinski definition) is 1. The molecule has 0 aliphatic carbocycles. The van der Waals surface area contributed by atoms with Crippen LogP contribution in [0.25, 0.3) is 0 Å². The number of anilines is 1. The van der Waals surface area contributed by atoms with Crippen molar-refractivity contribution in [3.8, 4) is 0 Å². The van der Waals surface area contributed by atoms with Gasteiger partial charge in [-0.1, -0.05) is 0 Å². The third-order valence-corrected chi connectivity index (χ3v) is 4.63. The summed E-state index contributed by atoms with van der Waals surface area (Å²) in [7, 11) is 0. The molecule has 0 bridgehead atoms. The Kier molecular flexibility index (Phi) is 4.03. The maximum absolute atomic E-state index is 12.5. The first-order chi connectivity index (χ1) is 10.4. The van der Waals surface area contributed by atoms with Crippen LogP contribution in [0, 0.1) is 0 Å². The van der Waals surface area contributed by atoms with Gasteiger partial charge in [0.25, 0.3) is 0 Å². The van der Waals surface area contributed by atoms with Crippen molar-refractivity contribution in [3.05, 3.63) is 23.9 Å². The molecule has 0 aromatic carbocycles. The van der Waals surface area contributed by atoms with Crippen molar-refractivity contribution in [2.45, 2.75) is 43.6 Å². The molecule has 1 spiro atoms. The van der Waals surface area contributed by atoms with Crippen LogP contribution >= 0.6 is 0 Å². The van der Waals surface area contributed by atoms with Crippen molar-refractivity contribution in [2.24, 2.45) is 0 Å². The lowest BCUT2D eigenvalue weighted by molar-refractivity contribution is -0.164. The van der Waals surface area contributed by atoms with Crippen LogP contribution in [0.2, 0.25) is 0 Å². The highest BCUT2D eigenvalue weighted by Gasteiger charge is 2.43. The Morgan fingerprint density at radius 2 is 2.00 bits per heavy atom. The average molecular weight is 316 g/mol. The largest absolute Gasteiger partial charge is 0.417 e. The molecule has 1 N–H and O–H groups in total. The third-order valence-electron chi connectivity index (χ3n) is 4.63. The van der Waals surface area contributed by atoms with E-state index in [0.717, 1.165) is 25.1 Å². The average Bonchev–Trinajstić information content (AvgIpc) is 2.51. The molecule has 3 rings (SSSR count). The van der Waals surface area contributed by atoms with E-state index in [2.05, 4.69) is 4.98 Å². The molecule has 2 aliphatic heterocycles. The van der Waals surface area contributed by atoms with Gasteiger partial charge in [-0.3, -0.25) is 0 Å². The first-order valence-electron chi connectivity index (χ1n) is 7.51. The zero-order valence-corrected chi connectivity index (χ0v) is 12.1. The van der Waals surface area contributed by atoms with Crippen molar-refractivity contribution >= 4 is 5.82 Å². The van der Waals surface area contributed by atoms with Gasteiger partial charge >= 0.3 is 6.18 Å². The highest BCUT2D eigenvalue weighted by molar-refractivity contribution is 5.40. The van der Waals surface area contributed by atoms with Gasteiger partial charge in [0, 0.05) is 25.9 Å². The Bertz CT molecular complexity index is 511. The van der Waals surface area contributed by atoms with Crippen molar-refractivity contribution in [3.63, 3.8) is 0 Å². The van der Waals surface area contributed by atoms with E-state index in [-0.39, 0.29) is 0 Å². The van der Waals surface area contributed by atoms with E-state index in [4.69, 9.17) is 4.74 Å². The summed E-state index contributed by atoms with van der Waals surface area (Å²) in [6.45, 7) is 1.90. The summed E-state index contributed by atoms with van der Waals surface area (Å²) in [5, 5.41) is 10.2. The minimum absolute atomic E-state index is 0.455. The van der Waals surface area contributed by atoms with Crippen molar-refractivity contribution in [1.29, 1.82) is 0 Å². The topological polar surface area (TPSA) is 45.6 Å². The molecule has 2 saturated heterocycles. The molecular formula is C15H19F3N2O2. The molecule has 7 heteroatoms. The number of piperidine rings is 1. The predicted molar refractivity (Wildman–Crippen MR) is 74.6 cm³/mol. The molecule has 0 saturated carbocycles. The predicted octanol–water partition coefficient (Wildman–Crippen LogP) is 2.61. The van der Waals surface area contributed by atoms with Crippen LogP contribution in [0.5, 0.6) is 0 Å². The quantitative estimate of drug-likeness (QED) is 0.865. The fraction of sp³-hybridized carbons (Fsp3) is 0.667. The third kappa shape index (κ3) is 2.92. The summed E-state index contributed by atoms with van der Waals surface area (Å²) in [5.74, 6) is 0.535. The Morgan fingerprint density at radius 3 is 2.55 bits per heavy atom. The van der Waals surface area contributed by atoms with E-state index in [1.165, 1.54) is 6.07 Å². The standard InChI is InChI=1S/C15H19F3N2O2/c16-15(17,18)11-3-4-13(19-10-11)20-7-5-14(6-8-20)12(21)2-1-9-22-14/h3-4,10,12,21H,1-2,5-9H2. The van der Waals surface area contributed by atoms with Crippen LogP contribution in [0.15, 0.2) is 18.3 Å². The number of halogens is 3. The zero-order valence-electron chi connectivity index (χ0n) is 12.1. The minimum Gasteiger partial charge on any atom is -0.390 e. The fourth-order valence-corrected chi connectivity index (χ4v) is 3.24. The van der Waals surface area contributed by atoms with E-state index in [0.29, 0.717) is 38.4 Å². The van der Waals surface area contributed by atoms with Crippen molar-refractivity contribution < 1.29 is 23.0 Å². The molecule has 1 aromatic heterocycles. The second-order valence-corrected chi connectivity index (χ2v) is 5.96. The van der Waals surface area contributed by atoms with Crippen LogP contribution in [-0.2, 0) is 10.9 Å². The maximum atomic E-state index is 12.5. The molecule has 0 radical (unpaired) electrons. The summed E-state index contributed by atoms with van der Waals surface area (Å²) < 4.78 is 43.5. The van der Waals surface area contributed by atoms with E-state index in [1.54, 1.807) is 0 Å². The highest BCUT2D eigenvalue weighted by Crippen LogP contribution is 2.36. The number of nitrogens with zero attached hydrogens (tertiary/aromatic N) is 2. The second kappa shape index (κ2) is 5.70. The van der Waals surface area contributed by atoms with Gasteiger partial charge in [-0.2, -0.15) is 13.2 Å². The van der Waals surface area contributed by atoms with Gasteiger partial charge in [0.1, 0.15) is 5.82 Å². The zero-order chi connectivity index (χ0) is 15.8. The van der Waals surface area contributed by atoms with Gasteiger partial charge in [0.2, 0.25) is 0 Å². The number of ether oxygens (including phenoxy) is 1. The first kappa shape index (κ1) is 15.6. The molecule has 122 valence electrons. The number of aliphatic hydroxyl groups excluding tert-OH is 1. The molecule has 1 unspecified atom stereocenters. The number of aromatic nitrogens is 1. The summed E-state index contributed by atoms with van der Waals surface area (Å²) >= 11 is 0. The van der Waals surface area contributed by atoms with Gasteiger partial charge in [-0.05, 0) is 37.8 Å². The van der Waals surface area contributed by atoms with E-state index >= 15 is 0 Å². The Labute approximate surface area is 126 Å². The molecule has 1 aromatic rings. The SMILES string of the molecule is OC1CCCOC12CCN(c1ccc(C(F)(F)F)cn1)CC2. The molecule has 1 atom stereocenters. The molecule has 0 amide bonds. The lowest BCUT2D eigenvalue weighted by atomic mass is 9.82. The van der Waals surface area contributed by atoms with Crippen LogP contribution in [-0.4, -0.2) is 41.5 Å². The Balaban J connectivity index is 1.66. The molecule has 2 aliphatic rings. The summed E-state index contributed by atoms with van der Waals surface area (Å²) in [5.41, 5.74) is -1.23. The molecule has 22 heavy (non-hydrogen) atoms. The summed E-state index contributed by atoms with van der Waals surface area (Å²) in [4.78, 5) is 5.86. The molecule has 3 heterocycles. The summed E-state index contributed by atoms with van der Waals surface area (Å²) in [6.07, 6.45) is -1.01. The first-order valence-corrected chi connectivity index (χ1v) is 7.51. The lowest BCUT2D eigenvalue weighted by Gasteiger charge is -2.47. The van der Waals surface area contributed by atoms with Gasteiger partial charge in [-0.15, -0.1) is 0 Å². The molecular weight excluding hydrogens is 297 g/mol. The van der Waals surface area contributed by atoms with Crippen molar-refractivity contribution in [2.75, 3.05) is 24.6 Å². The van der Waals surface area contributed by atoms with Crippen LogP contribution < -0.4 is 4.90 Å². The number of alkyl halides is 3. The monoisotopic (exact) mass is 316 g/mol. The fourth-order valence-electron chi connectivity index (χ4n) is 3.24.